The third-order valence-electron chi connectivity index (χ3n) is 4.08. The van der Waals surface area contributed by atoms with Gasteiger partial charge in [-0.15, -0.1) is 0 Å². The monoisotopic (exact) mass is 521 g/mol. The first-order chi connectivity index (χ1) is 15.8. The molecule has 0 unspecified atom stereocenters. The summed E-state index contributed by atoms with van der Waals surface area (Å²) < 4.78 is 73.6. The van der Waals surface area contributed by atoms with Crippen LogP contribution in [-0.2, 0) is 30.5 Å². The molecule has 2 aromatic rings. The van der Waals surface area contributed by atoms with Crippen molar-refractivity contribution in [2.45, 2.75) is 6.18 Å². The zero-order valence-electron chi connectivity index (χ0n) is 17.8. The Morgan fingerprint density at radius 1 is 1.21 bits per heavy atom. The zero-order chi connectivity index (χ0) is 25.5. The van der Waals surface area contributed by atoms with Gasteiger partial charge in [0.1, 0.15) is 12.3 Å². The summed E-state index contributed by atoms with van der Waals surface area (Å²) in [5, 5.41) is 3.40. The highest BCUT2D eigenvalue weighted by molar-refractivity contribution is 7.92. The van der Waals surface area contributed by atoms with Gasteiger partial charge in [0.05, 0.1) is 35.9 Å². The summed E-state index contributed by atoms with van der Waals surface area (Å²) in [7, 11) is -2.97. The predicted octanol–water partition coefficient (Wildman–Crippen LogP) is 2.83. The summed E-state index contributed by atoms with van der Waals surface area (Å²) in [6, 6.07) is 8.40. The van der Waals surface area contributed by atoms with Crippen molar-refractivity contribution in [2.24, 2.45) is 5.10 Å². The van der Waals surface area contributed by atoms with Crippen molar-refractivity contribution in [2.75, 3.05) is 30.8 Å². The van der Waals surface area contributed by atoms with Gasteiger partial charge in [0, 0.05) is 0 Å². The van der Waals surface area contributed by atoms with E-state index in [1.807, 2.05) is 0 Å². The van der Waals surface area contributed by atoms with Crippen molar-refractivity contribution in [3.05, 3.63) is 58.6 Å². The van der Waals surface area contributed by atoms with Gasteiger partial charge in [-0.25, -0.2) is 18.6 Å². The Hall–Kier alpha value is -3.32. The Labute approximate surface area is 198 Å². The highest BCUT2D eigenvalue weighted by Gasteiger charge is 2.33. The lowest BCUT2D eigenvalue weighted by Gasteiger charge is -2.23. The van der Waals surface area contributed by atoms with Crippen LogP contribution in [0, 0.1) is 0 Å². The van der Waals surface area contributed by atoms with Crippen LogP contribution in [0.15, 0.2) is 47.6 Å². The number of carbonyl (C=O) groups excluding carboxylic acids is 2. The molecule has 0 aliphatic heterocycles. The van der Waals surface area contributed by atoms with Crippen LogP contribution in [0.25, 0.3) is 0 Å². The molecule has 0 bridgehead atoms. The molecule has 2 rings (SSSR count). The van der Waals surface area contributed by atoms with E-state index in [9.17, 15) is 31.2 Å². The number of alkyl halides is 3. The second kappa shape index (κ2) is 11.2. The maximum Gasteiger partial charge on any atom is 0.416 e. The summed E-state index contributed by atoms with van der Waals surface area (Å²) in [5.74, 6) is -1.20. The smallest absolute Gasteiger partial charge is 0.416 e. The molecule has 0 atom stereocenters. The Kier molecular flexibility index (Phi) is 8.87. The van der Waals surface area contributed by atoms with Gasteiger partial charge >= 0.3 is 12.1 Å². The van der Waals surface area contributed by atoms with Crippen molar-refractivity contribution < 1.29 is 40.7 Å². The minimum absolute atomic E-state index is 0.293. The summed E-state index contributed by atoms with van der Waals surface area (Å²) in [4.78, 5) is 23.4. The van der Waals surface area contributed by atoms with Gasteiger partial charge in [0.25, 0.3) is 5.91 Å². The molecule has 0 saturated heterocycles. The molecule has 14 heteroatoms. The largest absolute Gasteiger partial charge is 0.482 e. The molecular weight excluding hydrogens is 503 g/mol. The van der Waals surface area contributed by atoms with E-state index in [0.717, 1.165) is 12.3 Å². The topological polar surface area (TPSA) is 114 Å². The number of nitrogens with zero attached hydrogens (tertiary/aromatic N) is 2. The molecule has 2 aromatic carbocycles. The number of anilines is 1. The number of carbonyl (C=O) groups is 2. The first-order valence-corrected chi connectivity index (χ1v) is 11.5. The molecule has 0 aliphatic rings. The van der Waals surface area contributed by atoms with Gasteiger partial charge in [0.2, 0.25) is 10.0 Å². The summed E-state index contributed by atoms with van der Waals surface area (Å²) >= 11 is 5.91. The second-order valence-corrected chi connectivity index (χ2v) is 8.98. The lowest BCUT2D eigenvalue weighted by molar-refractivity contribution is -0.143. The number of sulfonamides is 1. The second-order valence-electron chi connectivity index (χ2n) is 6.66. The first kappa shape index (κ1) is 26.9. The number of hydrazone groups is 1. The van der Waals surface area contributed by atoms with Gasteiger partial charge < -0.3 is 9.47 Å². The normalized spacial score (nSPS) is 11.8. The Balaban J connectivity index is 2.13. The van der Waals surface area contributed by atoms with Crippen LogP contribution in [-0.4, -0.2) is 53.0 Å². The Morgan fingerprint density at radius 2 is 1.91 bits per heavy atom. The van der Waals surface area contributed by atoms with Crippen molar-refractivity contribution in [3.8, 4) is 5.75 Å². The Bertz CT molecular complexity index is 1190. The number of benzene rings is 2. The molecule has 0 saturated carbocycles. The Morgan fingerprint density at radius 3 is 2.53 bits per heavy atom. The lowest BCUT2D eigenvalue weighted by Crippen LogP contribution is -2.39. The predicted molar refractivity (Wildman–Crippen MR) is 118 cm³/mol. The highest BCUT2D eigenvalue weighted by Crippen LogP contribution is 2.36. The van der Waals surface area contributed by atoms with Crippen LogP contribution in [0.2, 0.25) is 5.02 Å². The fraction of sp³-hybridized carbons (Fsp3) is 0.250. The molecule has 184 valence electrons. The number of esters is 1. The molecule has 0 heterocycles. The molecule has 0 radical (unpaired) electrons. The standard InChI is InChI=1S/C20H19ClF3N3O6S/c1-32-19(29)12-33-15-5-3-4-13(8-15)10-25-26-18(28)11-27(34(2,30)31)17-9-14(20(22,23)24)6-7-16(17)21/h3-10H,11-12H2,1-2H3,(H,26,28)/b25-10+. The molecule has 0 fully saturated rings. The van der Waals surface area contributed by atoms with Crippen molar-refractivity contribution in [1.82, 2.24) is 5.43 Å². The van der Waals surface area contributed by atoms with Crippen LogP contribution in [0.3, 0.4) is 0 Å². The number of methoxy groups -OCH3 is 1. The average Bonchev–Trinajstić information content (AvgIpc) is 2.75. The highest BCUT2D eigenvalue weighted by atomic mass is 35.5. The first-order valence-electron chi connectivity index (χ1n) is 9.27. The van der Waals surface area contributed by atoms with Crippen molar-refractivity contribution in [1.29, 1.82) is 0 Å². The minimum Gasteiger partial charge on any atom is -0.482 e. The van der Waals surface area contributed by atoms with Crippen LogP contribution in [0.5, 0.6) is 5.75 Å². The number of halogens is 4. The maximum absolute atomic E-state index is 13.0. The van der Waals surface area contributed by atoms with E-state index in [-0.39, 0.29) is 11.6 Å². The van der Waals surface area contributed by atoms with Crippen LogP contribution >= 0.6 is 11.6 Å². The van der Waals surface area contributed by atoms with Gasteiger partial charge in [0.15, 0.2) is 6.61 Å². The van der Waals surface area contributed by atoms with Gasteiger partial charge in [-0.2, -0.15) is 18.3 Å². The molecule has 1 amide bonds. The number of rotatable bonds is 9. The van der Waals surface area contributed by atoms with E-state index in [1.54, 1.807) is 18.2 Å². The van der Waals surface area contributed by atoms with E-state index in [2.05, 4.69) is 15.3 Å². The SMILES string of the molecule is COC(=O)COc1cccc(/C=N/NC(=O)CN(c2cc(C(F)(F)F)ccc2Cl)S(C)(=O)=O)c1. The maximum atomic E-state index is 13.0. The van der Waals surface area contributed by atoms with Gasteiger partial charge in [-0.05, 0) is 35.9 Å². The quantitative estimate of drug-likeness (QED) is 0.308. The molecular formula is C20H19ClF3N3O6S. The van der Waals surface area contributed by atoms with Crippen LogP contribution in [0.1, 0.15) is 11.1 Å². The van der Waals surface area contributed by atoms with E-state index in [1.165, 1.54) is 19.4 Å². The van der Waals surface area contributed by atoms with E-state index < -0.39 is 45.9 Å². The third-order valence-corrected chi connectivity index (χ3v) is 5.52. The molecule has 0 aliphatic carbocycles. The number of hydrogen-bond acceptors (Lipinski definition) is 7. The van der Waals surface area contributed by atoms with E-state index >= 15 is 0 Å². The van der Waals surface area contributed by atoms with Crippen molar-refractivity contribution >= 4 is 45.4 Å². The summed E-state index contributed by atoms with van der Waals surface area (Å²) in [5.41, 5.74) is 0.915. The van der Waals surface area contributed by atoms with Gasteiger partial charge in [-0.3, -0.25) is 9.10 Å². The van der Waals surface area contributed by atoms with Crippen LogP contribution in [0.4, 0.5) is 18.9 Å². The van der Waals surface area contributed by atoms with E-state index in [4.69, 9.17) is 16.3 Å². The number of amides is 1. The van der Waals surface area contributed by atoms with Crippen molar-refractivity contribution in [3.63, 3.8) is 0 Å². The number of ether oxygens (including phenoxy) is 2. The van der Waals surface area contributed by atoms with Gasteiger partial charge in [-0.1, -0.05) is 23.7 Å². The average molecular weight is 522 g/mol. The molecule has 0 spiro atoms. The van der Waals surface area contributed by atoms with Crippen LogP contribution < -0.4 is 14.5 Å². The lowest BCUT2D eigenvalue weighted by atomic mass is 10.2. The number of hydrogen-bond donors (Lipinski definition) is 1. The molecule has 0 aromatic heterocycles. The van der Waals surface area contributed by atoms with E-state index in [0.29, 0.717) is 27.8 Å². The summed E-state index contributed by atoms with van der Waals surface area (Å²) in [6.45, 7) is -1.19. The third kappa shape index (κ3) is 7.92. The minimum atomic E-state index is -4.75. The molecule has 1 N–H and O–H groups in total. The zero-order valence-corrected chi connectivity index (χ0v) is 19.4. The fourth-order valence-corrected chi connectivity index (χ4v) is 3.62. The molecule has 9 nitrogen and oxygen atoms in total. The number of nitrogens with one attached hydrogen (secondary N) is 1. The summed E-state index contributed by atoms with van der Waals surface area (Å²) in [6.07, 6.45) is -2.81. The fourth-order valence-electron chi connectivity index (χ4n) is 2.49. The molecule has 34 heavy (non-hydrogen) atoms.